The molecule has 148 valence electrons. The fraction of sp³-hybridized carbons (Fsp3) is 0.375. The Morgan fingerprint density at radius 3 is 2.62 bits per heavy atom. The van der Waals surface area contributed by atoms with Crippen LogP contribution in [-0.2, 0) is 0 Å². The Morgan fingerprint density at radius 1 is 1.07 bits per heavy atom. The second kappa shape index (κ2) is 6.92. The molecule has 0 aliphatic carbocycles. The maximum absolute atomic E-state index is 13.2. The van der Waals surface area contributed by atoms with Gasteiger partial charge < -0.3 is 4.90 Å². The molecule has 5 rings (SSSR count). The van der Waals surface area contributed by atoms with Gasteiger partial charge in [0.05, 0.1) is 0 Å². The van der Waals surface area contributed by atoms with Crippen molar-refractivity contribution in [1.29, 1.82) is 0 Å². The molecule has 5 heteroatoms. The molecule has 0 spiro atoms. The molecule has 2 saturated heterocycles. The number of hydrogen-bond acceptors (Lipinski definition) is 4. The van der Waals surface area contributed by atoms with Crippen LogP contribution in [-0.4, -0.2) is 50.8 Å². The number of pyridine rings is 2. The number of piperazine rings is 1. The standard InChI is InChI=1S/C24H26N4O/c1-15-16(2)25-9-8-22(15)17(3)27-13-21-11-20(27)14-28(21)24(29)23-10-18-6-4-5-7-19(18)12-26-23/h4-10,12,17,20-21H,11,13-14H2,1-3H3/t17-,20-,21-/m0/s1. The summed E-state index contributed by atoms with van der Waals surface area (Å²) in [7, 11) is 0. The molecule has 2 aliphatic heterocycles. The first-order chi connectivity index (χ1) is 14.0. The molecular formula is C24H26N4O. The number of fused-ring (bicyclic) bond motifs is 3. The van der Waals surface area contributed by atoms with Crippen molar-refractivity contribution in [1.82, 2.24) is 19.8 Å². The van der Waals surface area contributed by atoms with Crippen LogP contribution in [0, 0.1) is 13.8 Å². The van der Waals surface area contributed by atoms with E-state index in [2.05, 4.69) is 41.7 Å². The summed E-state index contributed by atoms with van der Waals surface area (Å²) in [4.78, 5) is 26.6. The van der Waals surface area contributed by atoms with Gasteiger partial charge >= 0.3 is 0 Å². The number of carbonyl (C=O) groups excluding carboxylic acids is 1. The number of rotatable bonds is 3. The third-order valence-corrected chi connectivity index (χ3v) is 6.84. The second-order valence-corrected chi connectivity index (χ2v) is 8.40. The summed E-state index contributed by atoms with van der Waals surface area (Å²) in [6, 6.07) is 13.1. The van der Waals surface area contributed by atoms with Crippen LogP contribution in [0.4, 0.5) is 0 Å². The van der Waals surface area contributed by atoms with Gasteiger partial charge in [-0.1, -0.05) is 24.3 Å². The molecule has 29 heavy (non-hydrogen) atoms. The van der Waals surface area contributed by atoms with Gasteiger partial charge in [-0.25, -0.2) is 0 Å². The Hall–Kier alpha value is -2.79. The predicted molar refractivity (Wildman–Crippen MR) is 114 cm³/mol. The number of carbonyl (C=O) groups is 1. The highest BCUT2D eigenvalue weighted by Crippen LogP contribution is 2.38. The van der Waals surface area contributed by atoms with Gasteiger partial charge in [-0.3, -0.25) is 19.7 Å². The predicted octanol–water partition coefficient (Wildman–Crippen LogP) is 3.91. The summed E-state index contributed by atoms with van der Waals surface area (Å²) in [5.74, 6) is 0.0616. The highest BCUT2D eigenvalue weighted by molar-refractivity contribution is 5.96. The van der Waals surface area contributed by atoms with Crippen LogP contribution in [0.3, 0.4) is 0 Å². The Morgan fingerprint density at radius 2 is 1.86 bits per heavy atom. The number of nitrogens with zero attached hydrogens (tertiary/aromatic N) is 4. The lowest BCUT2D eigenvalue weighted by molar-refractivity contribution is 0.0563. The van der Waals surface area contributed by atoms with E-state index in [1.165, 1.54) is 11.1 Å². The van der Waals surface area contributed by atoms with Crippen molar-refractivity contribution >= 4 is 16.7 Å². The van der Waals surface area contributed by atoms with E-state index in [1.54, 1.807) is 6.20 Å². The molecule has 2 bridgehead atoms. The second-order valence-electron chi connectivity index (χ2n) is 8.40. The normalized spacial score (nSPS) is 22.4. The van der Waals surface area contributed by atoms with E-state index in [4.69, 9.17) is 0 Å². The van der Waals surface area contributed by atoms with Crippen molar-refractivity contribution in [2.45, 2.75) is 45.3 Å². The molecule has 2 aromatic heterocycles. The first-order valence-electron chi connectivity index (χ1n) is 10.4. The minimum absolute atomic E-state index is 0.0616. The molecule has 5 nitrogen and oxygen atoms in total. The van der Waals surface area contributed by atoms with Gasteiger partial charge in [0.15, 0.2) is 0 Å². The lowest BCUT2D eigenvalue weighted by Gasteiger charge is -2.38. The third-order valence-electron chi connectivity index (χ3n) is 6.84. The number of likely N-dealkylation sites (tertiary alicyclic amines) is 2. The summed E-state index contributed by atoms with van der Waals surface area (Å²) in [5.41, 5.74) is 4.27. The molecule has 1 amide bonds. The van der Waals surface area contributed by atoms with Crippen LogP contribution in [0.15, 0.2) is 48.8 Å². The average Bonchev–Trinajstić information content (AvgIpc) is 3.35. The lowest BCUT2D eigenvalue weighted by Crippen LogP contribution is -2.49. The average molecular weight is 386 g/mol. The molecule has 3 aromatic rings. The van der Waals surface area contributed by atoms with Crippen molar-refractivity contribution in [3.8, 4) is 0 Å². The summed E-state index contributed by atoms with van der Waals surface area (Å²) in [5, 5.41) is 2.13. The zero-order valence-corrected chi connectivity index (χ0v) is 17.2. The molecule has 2 fully saturated rings. The molecule has 0 radical (unpaired) electrons. The quantitative estimate of drug-likeness (QED) is 0.685. The zero-order valence-electron chi connectivity index (χ0n) is 17.2. The maximum Gasteiger partial charge on any atom is 0.272 e. The van der Waals surface area contributed by atoms with Crippen molar-refractivity contribution in [2.75, 3.05) is 13.1 Å². The Kier molecular flexibility index (Phi) is 4.36. The number of aromatic nitrogens is 2. The fourth-order valence-corrected chi connectivity index (χ4v) is 5.06. The van der Waals surface area contributed by atoms with Gasteiger partial charge in [0, 0.05) is 54.7 Å². The van der Waals surface area contributed by atoms with Crippen molar-refractivity contribution in [2.24, 2.45) is 0 Å². The minimum atomic E-state index is 0.0616. The van der Waals surface area contributed by atoms with Crippen LogP contribution >= 0.6 is 0 Å². The summed E-state index contributed by atoms with van der Waals surface area (Å²) in [6.45, 7) is 8.21. The fourth-order valence-electron chi connectivity index (χ4n) is 5.06. The molecule has 3 atom stereocenters. The van der Waals surface area contributed by atoms with Crippen LogP contribution in [0.1, 0.15) is 46.7 Å². The van der Waals surface area contributed by atoms with E-state index >= 15 is 0 Å². The number of hydrogen-bond donors (Lipinski definition) is 0. The van der Waals surface area contributed by atoms with E-state index in [-0.39, 0.29) is 11.9 Å². The molecule has 0 N–H and O–H groups in total. The number of benzene rings is 1. The van der Waals surface area contributed by atoms with Gasteiger partial charge in [0.2, 0.25) is 0 Å². The van der Waals surface area contributed by atoms with Crippen LogP contribution < -0.4 is 0 Å². The Balaban J connectivity index is 1.34. The Bertz CT molecular complexity index is 1100. The van der Waals surface area contributed by atoms with Crippen LogP contribution in [0.2, 0.25) is 0 Å². The summed E-state index contributed by atoms with van der Waals surface area (Å²) in [6.07, 6.45) is 4.76. The highest BCUT2D eigenvalue weighted by Gasteiger charge is 2.47. The van der Waals surface area contributed by atoms with Crippen LogP contribution in [0.5, 0.6) is 0 Å². The third kappa shape index (κ3) is 3.01. The smallest absolute Gasteiger partial charge is 0.272 e. The van der Waals surface area contributed by atoms with Gasteiger partial charge in [-0.05, 0) is 55.8 Å². The van der Waals surface area contributed by atoms with Crippen LogP contribution in [0.25, 0.3) is 10.8 Å². The van der Waals surface area contributed by atoms with Gasteiger partial charge in [0.1, 0.15) is 5.69 Å². The zero-order chi connectivity index (χ0) is 20.1. The number of aryl methyl sites for hydroxylation is 1. The first kappa shape index (κ1) is 18.3. The highest BCUT2D eigenvalue weighted by atomic mass is 16.2. The van der Waals surface area contributed by atoms with Gasteiger partial charge in [-0.2, -0.15) is 0 Å². The Labute approximate surface area is 171 Å². The summed E-state index contributed by atoms with van der Waals surface area (Å²) >= 11 is 0. The van der Waals surface area contributed by atoms with Crippen molar-refractivity contribution in [3.63, 3.8) is 0 Å². The maximum atomic E-state index is 13.2. The van der Waals surface area contributed by atoms with E-state index in [1.807, 2.05) is 41.4 Å². The molecule has 2 aliphatic rings. The van der Waals surface area contributed by atoms with Crippen molar-refractivity contribution < 1.29 is 4.79 Å². The largest absolute Gasteiger partial charge is 0.331 e. The van der Waals surface area contributed by atoms with E-state index in [9.17, 15) is 4.79 Å². The molecule has 0 saturated carbocycles. The SMILES string of the molecule is Cc1nccc([C@H](C)N2C[C@@H]3C[C@H]2CN3C(=O)c2cc3ccccc3cn2)c1C. The molecule has 4 heterocycles. The molecule has 1 aromatic carbocycles. The molecular weight excluding hydrogens is 360 g/mol. The minimum Gasteiger partial charge on any atom is -0.331 e. The van der Waals surface area contributed by atoms with Crippen molar-refractivity contribution in [3.05, 3.63) is 71.3 Å². The topological polar surface area (TPSA) is 49.3 Å². The number of amides is 1. The molecule has 0 unspecified atom stereocenters. The summed E-state index contributed by atoms with van der Waals surface area (Å²) < 4.78 is 0. The van der Waals surface area contributed by atoms with Gasteiger partial charge in [0.25, 0.3) is 5.91 Å². The monoisotopic (exact) mass is 386 g/mol. The lowest BCUT2D eigenvalue weighted by atomic mass is 10.0. The first-order valence-corrected chi connectivity index (χ1v) is 10.4. The van der Waals surface area contributed by atoms with E-state index < -0.39 is 0 Å². The van der Waals surface area contributed by atoms with Gasteiger partial charge in [-0.15, -0.1) is 0 Å². The van der Waals surface area contributed by atoms with E-state index in [0.717, 1.165) is 36.0 Å². The van der Waals surface area contributed by atoms with E-state index in [0.29, 0.717) is 17.8 Å².